The quantitative estimate of drug-likeness (QED) is 0.182. The molecular weight excluding hydrogens is 514 g/mol. The number of benzene rings is 2. The number of amides is 2. The average molecular weight is 562 g/mol. The number of cyclic esters (lactones) is 1. The van der Waals surface area contributed by atoms with Crippen LogP contribution in [-0.4, -0.2) is 37.4 Å². The highest BCUT2D eigenvalue weighted by Crippen LogP contribution is 2.48. The molecule has 2 amide bonds. The lowest BCUT2D eigenvalue weighted by molar-refractivity contribution is -0.138. The van der Waals surface area contributed by atoms with Crippen molar-refractivity contribution in [3.8, 4) is 0 Å². The standard InChI is InChI=1S/C34H47NO4Si/c1-9-13-20-26(7)30(39-40(10-2,11-3)12-4)27(8)32(36)35-31(25(5)6)34(38-33(35)37,28-21-16-14-17-22-28)29-23-18-15-19-24-29/h9,13-27,30-31H,1,10-12H2,2-8H3/b20-13-/t26?,27?,30-,31+/m1/s1. The number of allylic oxidation sites excluding steroid dienone is 2. The second-order valence-corrected chi connectivity index (χ2v) is 16.1. The number of carbonyl (C=O) groups is 2. The Balaban J connectivity index is 2.13. The van der Waals surface area contributed by atoms with Gasteiger partial charge in [-0.15, -0.1) is 0 Å². The summed E-state index contributed by atoms with van der Waals surface area (Å²) >= 11 is 0. The number of ether oxygens (including phenoxy) is 1. The maximum Gasteiger partial charge on any atom is 0.418 e. The van der Waals surface area contributed by atoms with Crippen LogP contribution >= 0.6 is 0 Å². The molecule has 0 radical (unpaired) electrons. The highest BCUT2D eigenvalue weighted by atomic mass is 28.4. The molecule has 1 fully saturated rings. The minimum atomic E-state index is -2.07. The van der Waals surface area contributed by atoms with Crippen LogP contribution in [0.4, 0.5) is 4.79 Å². The Morgan fingerprint density at radius 1 is 0.975 bits per heavy atom. The van der Waals surface area contributed by atoms with Gasteiger partial charge in [-0.05, 0) is 24.1 Å². The van der Waals surface area contributed by atoms with Crippen LogP contribution in [0.25, 0.3) is 0 Å². The molecule has 0 aromatic heterocycles. The third kappa shape index (κ3) is 6.03. The van der Waals surface area contributed by atoms with E-state index >= 15 is 0 Å². The van der Waals surface area contributed by atoms with Gasteiger partial charge in [-0.1, -0.05) is 134 Å². The van der Waals surface area contributed by atoms with E-state index in [4.69, 9.17) is 9.16 Å². The number of rotatable bonds is 13. The molecule has 1 saturated heterocycles. The van der Waals surface area contributed by atoms with Crippen molar-refractivity contribution in [2.75, 3.05) is 0 Å². The number of nitrogens with zero attached hydrogens (tertiary/aromatic N) is 1. The maximum atomic E-state index is 14.5. The van der Waals surface area contributed by atoms with E-state index in [0.29, 0.717) is 0 Å². The Labute approximate surface area is 242 Å². The van der Waals surface area contributed by atoms with Gasteiger partial charge >= 0.3 is 6.09 Å². The van der Waals surface area contributed by atoms with Crippen LogP contribution < -0.4 is 0 Å². The minimum Gasteiger partial charge on any atom is -0.430 e. The Hall–Kier alpha value is -2.96. The van der Waals surface area contributed by atoms with Crippen molar-refractivity contribution < 1.29 is 18.8 Å². The zero-order chi connectivity index (χ0) is 29.5. The van der Waals surface area contributed by atoms with Crippen LogP contribution in [0.5, 0.6) is 0 Å². The summed E-state index contributed by atoms with van der Waals surface area (Å²) in [5.41, 5.74) is 0.573. The summed E-state index contributed by atoms with van der Waals surface area (Å²) in [6.45, 7) is 18.5. The smallest absolute Gasteiger partial charge is 0.418 e. The number of hydrogen-bond acceptors (Lipinski definition) is 4. The highest BCUT2D eigenvalue weighted by molar-refractivity contribution is 6.73. The molecule has 216 valence electrons. The van der Waals surface area contributed by atoms with Crippen molar-refractivity contribution in [1.82, 2.24) is 4.90 Å². The summed E-state index contributed by atoms with van der Waals surface area (Å²) in [6.07, 6.45) is 4.70. The fraction of sp³-hybridized carbons (Fsp3) is 0.471. The summed E-state index contributed by atoms with van der Waals surface area (Å²) < 4.78 is 13.3. The fourth-order valence-electron chi connectivity index (χ4n) is 6.21. The predicted molar refractivity (Wildman–Crippen MR) is 165 cm³/mol. The topological polar surface area (TPSA) is 55.8 Å². The van der Waals surface area contributed by atoms with Crippen molar-refractivity contribution >= 4 is 20.3 Å². The first-order valence-corrected chi connectivity index (χ1v) is 17.3. The maximum absolute atomic E-state index is 14.5. The van der Waals surface area contributed by atoms with E-state index in [1.165, 1.54) is 4.90 Å². The molecular formula is C34H47NO4Si. The van der Waals surface area contributed by atoms with E-state index < -0.39 is 32.0 Å². The molecule has 1 heterocycles. The second kappa shape index (κ2) is 13.6. The van der Waals surface area contributed by atoms with Crippen molar-refractivity contribution in [3.63, 3.8) is 0 Å². The van der Waals surface area contributed by atoms with E-state index in [2.05, 4.69) is 34.3 Å². The molecule has 6 heteroatoms. The third-order valence-corrected chi connectivity index (χ3v) is 13.3. The van der Waals surface area contributed by atoms with Gasteiger partial charge in [0.25, 0.3) is 0 Å². The van der Waals surface area contributed by atoms with Gasteiger partial charge < -0.3 is 9.16 Å². The highest BCUT2D eigenvalue weighted by Gasteiger charge is 2.60. The molecule has 0 aliphatic carbocycles. The van der Waals surface area contributed by atoms with Crippen molar-refractivity contribution in [2.45, 2.75) is 84.3 Å². The van der Waals surface area contributed by atoms with Crippen LogP contribution in [0.15, 0.2) is 85.5 Å². The number of hydrogen-bond donors (Lipinski definition) is 0. The van der Waals surface area contributed by atoms with Crippen LogP contribution in [0.3, 0.4) is 0 Å². The molecule has 3 rings (SSSR count). The minimum absolute atomic E-state index is 0.0439. The first-order valence-electron chi connectivity index (χ1n) is 14.8. The van der Waals surface area contributed by atoms with Gasteiger partial charge in [0.15, 0.2) is 13.9 Å². The molecule has 2 aromatic rings. The molecule has 0 saturated carbocycles. The first kappa shape index (κ1) is 31.6. The van der Waals surface area contributed by atoms with Gasteiger partial charge in [0.05, 0.1) is 18.1 Å². The van der Waals surface area contributed by atoms with Gasteiger partial charge in [-0.3, -0.25) is 4.79 Å². The summed E-state index contributed by atoms with van der Waals surface area (Å²) in [4.78, 5) is 29.7. The molecule has 0 N–H and O–H groups in total. The summed E-state index contributed by atoms with van der Waals surface area (Å²) in [7, 11) is -2.07. The van der Waals surface area contributed by atoms with Crippen LogP contribution in [0.2, 0.25) is 18.1 Å². The lowest BCUT2D eigenvalue weighted by atomic mass is 9.75. The zero-order valence-corrected chi connectivity index (χ0v) is 26.3. The molecule has 40 heavy (non-hydrogen) atoms. The lowest BCUT2D eigenvalue weighted by Gasteiger charge is -2.40. The molecule has 1 aliphatic heterocycles. The van der Waals surface area contributed by atoms with Gasteiger partial charge in [-0.25, -0.2) is 9.69 Å². The van der Waals surface area contributed by atoms with E-state index in [9.17, 15) is 9.59 Å². The average Bonchev–Trinajstić information content (AvgIpc) is 3.31. The Kier molecular flexibility index (Phi) is 10.7. The number of imide groups is 1. The zero-order valence-electron chi connectivity index (χ0n) is 25.3. The monoisotopic (exact) mass is 561 g/mol. The van der Waals surface area contributed by atoms with Gasteiger partial charge in [0, 0.05) is 17.0 Å². The van der Waals surface area contributed by atoms with E-state index in [1.807, 2.05) is 93.6 Å². The van der Waals surface area contributed by atoms with Crippen LogP contribution in [-0.2, 0) is 19.6 Å². The normalized spacial score (nSPS) is 19.4. The fourth-order valence-corrected chi connectivity index (χ4v) is 9.21. The van der Waals surface area contributed by atoms with Gasteiger partial charge in [-0.2, -0.15) is 0 Å². The van der Waals surface area contributed by atoms with Crippen LogP contribution in [0, 0.1) is 17.8 Å². The Morgan fingerprint density at radius 2 is 1.48 bits per heavy atom. The summed E-state index contributed by atoms with van der Waals surface area (Å²) in [6, 6.07) is 22.0. The third-order valence-electron chi connectivity index (χ3n) is 8.68. The molecule has 4 atom stereocenters. The molecule has 2 unspecified atom stereocenters. The van der Waals surface area contributed by atoms with E-state index in [1.54, 1.807) is 6.08 Å². The SMILES string of the molecule is C=C/C=C\C(C)[C@@H](O[Si](CC)(CC)CC)C(C)C(=O)N1C(=O)OC(c2ccccc2)(c2ccccc2)[C@@H]1C(C)C. The largest absolute Gasteiger partial charge is 0.430 e. The molecule has 1 aliphatic rings. The second-order valence-electron chi connectivity index (χ2n) is 11.3. The molecule has 0 spiro atoms. The first-order chi connectivity index (χ1) is 19.1. The van der Waals surface area contributed by atoms with E-state index in [-0.39, 0.29) is 23.8 Å². The lowest BCUT2D eigenvalue weighted by Crippen LogP contribution is -2.54. The van der Waals surface area contributed by atoms with Gasteiger partial charge in [0.1, 0.15) is 0 Å². The van der Waals surface area contributed by atoms with Gasteiger partial charge in [0.2, 0.25) is 5.91 Å². The summed E-state index contributed by atoms with van der Waals surface area (Å²) in [5, 5.41) is 0. The molecule has 0 bridgehead atoms. The summed E-state index contributed by atoms with van der Waals surface area (Å²) in [5.74, 6) is -0.932. The number of carbonyl (C=O) groups excluding carboxylic acids is 2. The van der Waals surface area contributed by atoms with E-state index in [0.717, 1.165) is 29.3 Å². The van der Waals surface area contributed by atoms with Crippen molar-refractivity contribution in [2.24, 2.45) is 17.8 Å². The molecule has 2 aromatic carbocycles. The van der Waals surface area contributed by atoms with Crippen LogP contribution in [0.1, 0.15) is 59.6 Å². The Morgan fingerprint density at radius 3 is 1.90 bits per heavy atom. The Bertz CT molecular complexity index is 1110. The van der Waals surface area contributed by atoms with Crippen molar-refractivity contribution in [1.29, 1.82) is 0 Å². The van der Waals surface area contributed by atoms with Crippen molar-refractivity contribution in [3.05, 3.63) is 96.6 Å². The molecule has 5 nitrogen and oxygen atoms in total. The predicted octanol–water partition coefficient (Wildman–Crippen LogP) is 8.34.